The number of hydrogen-bond donors (Lipinski definition) is 0. The maximum absolute atomic E-state index is 8.40. The van der Waals surface area contributed by atoms with E-state index in [9.17, 15) is 0 Å². The molecular formula is C21H19NO. The Bertz CT molecular complexity index is 1340. The summed E-state index contributed by atoms with van der Waals surface area (Å²) in [6.07, 6.45) is 0. The van der Waals surface area contributed by atoms with Gasteiger partial charge in [0.1, 0.15) is 5.52 Å². The average molecular weight is 308 g/mol. The van der Waals surface area contributed by atoms with Gasteiger partial charge in [-0.2, -0.15) is 0 Å². The van der Waals surface area contributed by atoms with Crippen molar-refractivity contribution in [3.8, 4) is 11.5 Å². The third-order valence-corrected chi connectivity index (χ3v) is 3.78. The first-order valence-electron chi connectivity index (χ1n) is 10.8. The Labute approximate surface area is 145 Å². The van der Waals surface area contributed by atoms with E-state index in [4.69, 9.17) is 14.0 Å². The zero-order valence-corrected chi connectivity index (χ0v) is 13.1. The van der Waals surface area contributed by atoms with Gasteiger partial charge >= 0.3 is 0 Å². The van der Waals surface area contributed by atoms with Crippen LogP contribution in [0.4, 0.5) is 0 Å². The Morgan fingerprint density at radius 1 is 1.00 bits per heavy atom. The fourth-order valence-corrected chi connectivity index (χ4v) is 2.47. The van der Waals surface area contributed by atoms with E-state index in [1.165, 1.54) is 0 Å². The van der Waals surface area contributed by atoms with E-state index in [0.717, 1.165) is 5.56 Å². The van der Waals surface area contributed by atoms with Crippen molar-refractivity contribution in [2.75, 3.05) is 0 Å². The molecule has 0 unspecified atom stereocenters. The molecule has 4 rings (SSSR count). The predicted octanol–water partition coefficient (Wildman–Crippen LogP) is 5.95. The van der Waals surface area contributed by atoms with Crippen molar-refractivity contribution in [2.24, 2.45) is 0 Å². The summed E-state index contributed by atoms with van der Waals surface area (Å²) < 4.78 is 63.1. The largest absolute Gasteiger partial charge is 0.436 e. The van der Waals surface area contributed by atoms with Gasteiger partial charge in [-0.3, -0.25) is 0 Å². The minimum atomic E-state index is -0.489. The van der Waals surface area contributed by atoms with Crippen LogP contribution in [0.3, 0.4) is 0 Å². The van der Waals surface area contributed by atoms with E-state index < -0.39 is 30.2 Å². The molecule has 0 N–H and O–H groups in total. The lowest BCUT2D eigenvalue weighted by Gasteiger charge is -2.18. The zero-order valence-electron chi connectivity index (χ0n) is 20.1. The van der Waals surface area contributed by atoms with Gasteiger partial charge < -0.3 is 4.42 Å². The molecule has 23 heavy (non-hydrogen) atoms. The molecule has 0 radical (unpaired) electrons. The Hall–Kier alpha value is -2.61. The highest BCUT2D eigenvalue weighted by atomic mass is 16.3. The molecule has 2 heteroatoms. The Kier molecular flexibility index (Phi) is 1.79. The Morgan fingerprint density at radius 3 is 2.61 bits per heavy atom. The van der Waals surface area contributed by atoms with Gasteiger partial charge in [0.15, 0.2) is 5.58 Å². The highest BCUT2D eigenvalue weighted by Gasteiger charge is 2.17. The molecular weight excluding hydrogens is 282 g/mol. The van der Waals surface area contributed by atoms with Crippen LogP contribution in [-0.4, -0.2) is 4.98 Å². The van der Waals surface area contributed by atoms with E-state index in [2.05, 4.69) is 25.8 Å². The van der Waals surface area contributed by atoms with Crippen LogP contribution < -0.4 is 0 Å². The number of benzene rings is 3. The van der Waals surface area contributed by atoms with E-state index >= 15 is 0 Å². The minimum Gasteiger partial charge on any atom is -0.436 e. The number of nitrogens with zero attached hydrogens (tertiary/aromatic N) is 1. The summed E-state index contributed by atoms with van der Waals surface area (Å²) >= 11 is 0. The van der Waals surface area contributed by atoms with Crippen LogP contribution in [0.5, 0.6) is 0 Å². The SMILES string of the molecule is [2H]c1c([2H])c([2H])c2c(-c3nc4ccc(C(C)(C)C)cc4o3)c([2H])c([2H])c([2H])c2c1[2H]. The fraction of sp³-hybridized carbons (Fsp3) is 0.190. The molecule has 0 bridgehead atoms. The van der Waals surface area contributed by atoms with Crippen LogP contribution in [0.15, 0.2) is 64.9 Å². The number of hydrogen-bond acceptors (Lipinski definition) is 2. The molecule has 0 fully saturated rings. The third kappa shape index (κ3) is 2.40. The predicted molar refractivity (Wildman–Crippen MR) is 95.7 cm³/mol. The summed E-state index contributed by atoms with van der Waals surface area (Å²) in [5.74, 6) is -0.00964. The maximum atomic E-state index is 8.40. The first kappa shape index (κ1) is 8.30. The van der Waals surface area contributed by atoms with E-state index in [-0.39, 0.29) is 39.7 Å². The fourth-order valence-electron chi connectivity index (χ4n) is 2.47. The molecule has 3 aromatic carbocycles. The van der Waals surface area contributed by atoms with Crippen molar-refractivity contribution in [3.63, 3.8) is 0 Å². The standard InChI is InChI=1S/C21H19NO/c1-21(2,3)15-11-12-18-19(13-15)23-20(22-18)17-10-6-8-14-7-4-5-9-16(14)17/h4-13H,1-3H3/i4D,5D,6D,7D,8D,9D,10D. The van der Waals surface area contributed by atoms with Crippen molar-refractivity contribution >= 4 is 21.9 Å². The first-order valence-corrected chi connectivity index (χ1v) is 7.34. The molecule has 0 amide bonds. The highest BCUT2D eigenvalue weighted by Crippen LogP contribution is 2.32. The summed E-state index contributed by atoms with van der Waals surface area (Å²) in [5.41, 5.74) is 1.92. The van der Waals surface area contributed by atoms with Crippen LogP contribution in [0.1, 0.15) is 35.9 Å². The summed E-state index contributed by atoms with van der Waals surface area (Å²) in [7, 11) is 0. The molecule has 4 aromatic rings. The van der Waals surface area contributed by atoms with Crippen molar-refractivity contribution in [2.45, 2.75) is 26.2 Å². The third-order valence-electron chi connectivity index (χ3n) is 3.78. The van der Waals surface area contributed by atoms with Crippen LogP contribution in [0.2, 0.25) is 0 Å². The number of aromatic nitrogens is 1. The molecule has 1 heterocycles. The highest BCUT2D eigenvalue weighted by molar-refractivity contribution is 5.95. The second-order valence-electron chi connectivity index (χ2n) is 6.45. The molecule has 0 aliphatic carbocycles. The van der Waals surface area contributed by atoms with Crippen LogP contribution in [0.25, 0.3) is 33.3 Å². The number of rotatable bonds is 1. The number of oxazole rings is 1. The van der Waals surface area contributed by atoms with Crippen LogP contribution in [0, 0.1) is 0 Å². The van der Waals surface area contributed by atoms with E-state index in [1.54, 1.807) is 6.07 Å². The molecule has 0 saturated heterocycles. The summed E-state index contributed by atoms with van der Waals surface area (Å²) in [5, 5.41) is -0.149. The van der Waals surface area contributed by atoms with Gasteiger partial charge in [0.25, 0.3) is 0 Å². The molecule has 0 spiro atoms. The van der Waals surface area contributed by atoms with Crippen molar-refractivity contribution < 1.29 is 14.0 Å². The Morgan fingerprint density at radius 2 is 1.78 bits per heavy atom. The lowest BCUT2D eigenvalue weighted by atomic mass is 9.87. The second-order valence-corrected chi connectivity index (χ2v) is 6.45. The minimum absolute atomic E-state index is 0.00786. The van der Waals surface area contributed by atoms with Gasteiger partial charge in [0.2, 0.25) is 5.89 Å². The van der Waals surface area contributed by atoms with Crippen molar-refractivity contribution in [1.29, 1.82) is 0 Å². The van der Waals surface area contributed by atoms with Gasteiger partial charge in [-0.1, -0.05) is 63.1 Å². The summed E-state index contributed by atoms with van der Waals surface area (Å²) in [6, 6.07) is 2.59. The van der Waals surface area contributed by atoms with Crippen LogP contribution in [-0.2, 0) is 5.41 Å². The van der Waals surface area contributed by atoms with Crippen molar-refractivity contribution in [1.82, 2.24) is 4.98 Å². The van der Waals surface area contributed by atoms with Crippen LogP contribution >= 0.6 is 0 Å². The average Bonchev–Trinajstić information content (AvgIpc) is 3.10. The zero-order chi connectivity index (χ0) is 22.1. The maximum Gasteiger partial charge on any atom is 0.227 e. The van der Waals surface area contributed by atoms with Gasteiger partial charge in [-0.05, 0) is 39.9 Å². The topological polar surface area (TPSA) is 26.0 Å². The van der Waals surface area contributed by atoms with Gasteiger partial charge in [-0.15, -0.1) is 0 Å². The lowest BCUT2D eigenvalue weighted by Crippen LogP contribution is -2.10. The molecule has 2 nitrogen and oxygen atoms in total. The molecule has 114 valence electrons. The monoisotopic (exact) mass is 308 g/mol. The first-order chi connectivity index (χ1) is 13.9. The molecule has 0 atom stereocenters. The quantitative estimate of drug-likeness (QED) is 0.434. The summed E-state index contributed by atoms with van der Waals surface area (Å²) in [4.78, 5) is 4.43. The normalized spacial score (nSPS) is 16.4. The van der Waals surface area contributed by atoms with Crippen molar-refractivity contribution in [3.05, 3.63) is 66.1 Å². The van der Waals surface area contributed by atoms with Gasteiger partial charge in [0.05, 0.1) is 9.60 Å². The van der Waals surface area contributed by atoms with Gasteiger partial charge in [0, 0.05) is 5.56 Å². The summed E-state index contributed by atoms with van der Waals surface area (Å²) in [6.45, 7) is 6.20. The van der Waals surface area contributed by atoms with E-state index in [1.807, 2.05) is 12.1 Å². The smallest absolute Gasteiger partial charge is 0.227 e. The molecule has 0 aliphatic rings. The van der Waals surface area contributed by atoms with Gasteiger partial charge in [-0.25, -0.2) is 4.98 Å². The Balaban J connectivity index is 2.13. The van der Waals surface area contributed by atoms with E-state index in [0.29, 0.717) is 11.1 Å². The molecule has 0 aliphatic heterocycles. The molecule has 1 aromatic heterocycles. The second kappa shape index (κ2) is 4.95. The number of fused-ring (bicyclic) bond motifs is 2. The lowest BCUT2D eigenvalue weighted by molar-refractivity contribution is 0.584. The molecule has 0 saturated carbocycles.